The summed E-state index contributed by atoms with van der Waals surface area (Å²) in [6, 6.07) is 0. The van der Waals surface area contributed by atoms with Crippen molar-refractivity contribution in [3.8, 4) is 0 Å². The largest absolute Gasteiger partial charge is 0.133 e. The van der Waals surface area contributed by atoms with E-state index in [4.69, 9.17) is 0 Å². The van der Waals surface area contributed by atoms with Crippen LogP contribution < -0.4 is 0 Å². The van der Waals surface area contributed by atoms with E-state index in [1.807, 2.05) is 34.4 Å². The number of thiophene rings is 2. The molecule has 0 aliphatic carbocycles. The molecule has 0 aromatic carbocycles. The van der Waals surface area contributed by atoms with Crippen LogP contribution in [0.15, 0.2) is 8.42 Å². The van der Waals surface area contributed by atoms with E-state index in [0.717, 1.165) is 12.8 Å². The minimum atomic E-state index is 1.15. The maximum Gasteiger partial charge on any atom is 0.0689 e. The first-order valence-electron chi connectivity index (χ1n) is 6.85. The monoisotopic (exact) mass is 310 g/mol. The van der Waals surface area contributed by atoms with Gasteiger partial charge in [0.2, 0.25) is 0 Å². The van der Waals surface area contributed by atoms with Crippen LogP contribution in [0.4, 0.5) is 0 Å². The highest BCUT2D eigenvalue weighted by atomic mass is 32.2. The number of aryl methyl sites for hydroxylation is 2. The Labute approximate surface area is 129 Å². The fraction of sp³-hybridized carbons (Fsp3) is 0.500. The maximum absolute atomic E-state index is 2.28. The molecule has 0 saturated heterocycles. The molecular weight excluding hydrogens is 288 g/mol. The average molecular weight is 311 g/mol. The molecule has 2 aromatic heterocycles. The molecule has 0 aliphatic heterocycles. The van der Waals surface area contributed by atoms with Crippen molar-refractivity contribution in [2.45, 2.75) is 62.8 Å². The van der Waals surface area contributed by atoms with E-state index in [1.165, 1.54) is 29.3 Å². The third-order valence-electron chi connectivity index (χ3n) is 3.75. The zero-order chi connectivity index (χ0) is 14.2. The summed E-state index contributed by atoms with van der Waals surface area (Å²) in [6.07, 6.45) is 2.30. The molecule has 19 heavy (non-hydrogen) atoms. The van der Waals surface area contributed by atoms with E-state index < -0.39 is 0 Å². The Balaban J connectivity index is 2.37. The highest BCUT2D eigenvalue weighted by molar-refractivity contribution is 8.03. The van der Waals surface area contributed by atoms with Crippen LogP contribution >= 0.6 is 34.4 Å². The summed E-state index contributed by atoms with van der Waals surface area (Å²) in [5.41, 5.74) is 6.10. The molecule has 0 saturated carbocycles. The van der Waals surface area contributed by atoms with Gasteiger partial charge >= 0.3 is 0 Å². The Morgan fingerprint density at radius 1 is 0.737 bits per heavy atom. The first kappa shape index (κ1) is 15.1. The zero-order valence-electron chi connectivity index (χ0n) is 12.6. The predicted molar refractivity (Wildman–Crippen MR) is 90.5 cm³/mol. The van der Waals surface area contributed by atoms with Crippen molar-refractivity contribution < 1.29 is 0 Å². The van der Waals surface area contributed by atoms with Gasteiger partial charge in [0.1, 0.15) is 0 Å². The lowest BCUT2D eigenvalue weighted by Crippen LogP contribution is -1.84. The quantitative estimate of drug-likeness (QED) is 0.636. The van der Waals surface area contributed by atoms with Crippen LogP contribution in [0.1, 0.15) is 45.9 Å². The molecule has 0 amide bonds. The van der Waals surface area contributed by atoms with Gasteiger partial charge < -0.3 is 0 Å². The summed E-state index contributed by atoms with van der Waals surface area (Å²) >= 11 is 5.90. The number of hydrogen-bond acceptors (Lipinski definition) is 3. The molecular formula is C16H22S3. The fourth-order valence-corrected chi connectivity index (χ4v) is 7.05. The molecule has 2 heterocycles. The van der Waals surface area contributed by atoms with Crippen LogP contribution in [0.5, 0.6) is 0 Å². The molecule has 0 atom stereocenters. The van der Waals surface area contributed by atoms with Gasteiger partial charge in [-0.3, -0.25) is 0 Å². The fourth-order valence-electron chi connectivity index (χ4n) is 2.64. The molecule has 2 aromatic rings. The SMILES string of the molecule is CCc1c(C)sc(Sc2sc(C)c(CC)c2C)c1C. The van der Waals surface area contributed by atoms with Crippen LogP contribution in [0, 0.1) is 27.7 Å². The van der Waals surface area contributed by atoms with E-state index in [-0.39, 0.29) is 0 Å². The van der Waals surface area contributed by atoms with Gasteiger partial charge in [-0.15, -0.1) is 22.7 Å². The molecule has 0 fully saturated rings. The summed E-state index contributed by atoms with van der Waals surface area (Å²) < 4.78 is 2.97. The van der Waals surface area contributed by atoms with Crippen LogP contribution in [-0.2, 0) is 12.8 Å². The van der Waals surface area contributed by atoms with Crippen molar-refractivity contribution >= 4 is 34.4 Å². The lowest BCUT2D eigenvalue weighted by Gasteiger charge is -2.01. The zero-order valence-corrected chi connectivity index (χ0v) is 15.1. The van der Waals surface area contributed by atoms with Crippen molar-refractivity contribution in [2.24, 2.45) is 0 Å². The van der Waals surface area contributed by atoms with E-state index in [0.29, 0.717) is 0 Å². The van der Waals surface area contributed by atoms with Gasteiger partial charge in [0.05, 0.1) is 8.42 Å². The molecule has 0 unspecified atom stereocenters. The first-order valence-corrected chi connectivity index (χ1v) is 9.30. The molecule has 0 nitrogen and oxygen atoms in total. The standard InChI is InChI=1S/C16H22S3/c1-7-13-9(3)15(17-11(13)5)19-16-10(4)14(8-2)12(6)18-16/h7-8H2,1-6H3. The minimum Gasteiger partial charge on any atom is -0.133 e. The van der Waals surface area contributed by atoms with Crippen LogP contribution in [0.25, 0.3) is 0 Å². The number of rotatable bonds is 4. The van der Waals surface area contributed by atoms with Gasteiger partial charge in [-0.1, -0.05) is 25.6 Å². The molecule has 3 heteroatoms. The van der Waals surface area contributed by atoms with Crippen LogP contribution in [0.3, 0.4) is 0 Å². The maximum atomic E-state index is 2.28. The Morgan fingerprint density at radius 2 is 1.11 bits per heavy atom. The summed E-state index contributed by atoms with van der Waals surface area (Å²) in [4.78, 5) is 2.98. The van der Waals surface area contributed by atoms with Gasteiger partial charge in [0.25, 0.3) is 0 Å². The topological polar surface area (TPSA) is 0 Å². The van der Waals surface area contributed by atoms with Gasteiger partial charge in [-0.05, 0) is 62.8 Å². The second kappa shape index (κ2) is 6.02. The summed E-state index contributed by atoms with van der Waals surface area (Å²) in [5, 5.41) is 0. The second-order valence-corrected chi connectivity index (χ2v) is 8.89. The van der Waals surface area contributed by atoms with Gasteiger partial charge in [-0.25, -0.2) is 0 Å². The summed E-state index contributed by atoms with van der Waals surface area (Å²) in [5.74, 6) is 0. The second-order valence-electron chi connectivity index (χ2n) is 4.91. The predicted octanol–water partition coefficient (Wildman–Crippen LogP) is 6.32. The van der Waals surface area contributed by atoms with Crippen LogP contribution in [0.2, 0.25) is 0 Å². The first-order chi connectivity index (χ1) is 8.99. The molecule has 0 spiro atoms. The van der Waals surface area contributed by atoms with Crippen molar-refractivity contribution in [3.05, 3.63) is 32.0 Å². The Bertz CT molecular complexity index is 535. The Hall–Kier alpha value is -0.250. The lowest BCUT2D eigenvalue weighted by molar-refractivity contribution is 1.09. The molecule has 0 bridgehead atoms. The van der Waals surface area contributed by atoms with Gasteiger partial charge in [0, 0.05) is 9.75 Å². The molecule has 0 N–H and O–H groups in total. The van der Waals surface area contributed by atoms with E-state index in [1.54, 1.807) is 11.1 Å². The van der Waals surface area contributed by atoms with Crippen molar-refractivity contribution in [1.29, 1.82) is 0 Å². The normalized spacial score (nSPS) is 11.3. The average Bonchev–Trinajstić information content (AvgIpc) is 2.78. The minimum absolute atomic E-state index is 1.15. The van der Waals surface area contributed by atoms with Crippen molar-refractivity contribution in [1.82, 2.24) is 0 Å². The third kappa shape index (κ3) is 2.79. The van der Waals surface area contributed by atoms with Crippen LogP contribution in [-0.4, -0.2) is 0 Å². The molecule has 0 aliphatic rings. The van der Waals surface area contributed by atoms with E-state index in [9.17, 15) is 0 Å². The van der Waals surface area contributed by atoms with Crippen molar-refractivity contribution in [2.75, 3.05) is 0 Å². The van der Waals surface area contributed by atoms with Gasteiger partial charge in [0.15, 0.2) is 0 Å². The lowest BCUT2D eigenvalue weighted by atomic mass is 10.1. The summed E-state index contributed by atoms with van der Waals surface area (Å²) in [7, 11) is 0. The summed E-state index contributed by atoms with van der Waals surface area (Å²) in [6.45, 7) is 13.6. The highest BCUT2D eigenvalue weighted by Crippen LogP contribution is 2.44. The molecule has 2 rings (SSSR count). The Kier molecular flexibility index (Phi) is 4.80. The molecule has 104 valence electrons. The Morgan fingerprint density at radius 3 is 1.37 bits per heavy atom. The highest BCUT2D eigenvalue weighted by Gasteiger charge is 2.16. The van der Waals surface area contributed by atoms with E-state index >= 15 is 0 Å². The molecule has 0 radical (unpaired) electrons. The van der Waals surface area contributed by atoms with Crippen molar-refractivity contribution in [3.63, 3.8) is 0 Å². The third-order valence-corrected chi connectivity index (χ3v) is 7.82. The van der Waals surface area contributed by atoms with E-state index in [2.05, 4.69) is 41.5 Å². The van der Waals surface area contributed by atoms with Gasteiger partial charge in [-0.2, -0.15) is 0 Å². The number of hydrogen-bond donors (Lipinski definition) is 0. The smallest absolute Gasteiger partial charge is 0.0689 e.